The van der Waals surface area contributed by atoms with Crippen molar-refractivity contribution < 1.29 is 23.8 Å². The van der Waals surface area contributed by atoms with Crippen LogP contribution in [0.25, 0.3) is 0 Å². The van der Waals surface area contributed by atoms with Crippen molar-refractivity contribution in [2.24, 2.45) is 5.92 Å². The summed E-state index contributed by atoms with van der Waals surface area (Å²) in [5.74, 6) is 0.121. The number of methoxy groups -OCH3 is 3. The van der Waals surface area contributed by atoms with Gasteiger partial charge in [0.25, 0.3) is 0 Å². The van der Waals surface area contributed by atoms with Crippen LogP contribution in [0.5, 0.6) is 11.5 Å². The zero-order valence-corrected chi connectivity index (χ0v) is 15.6. The normalized spacial score (nSPS) is 18.2. The molecule has 0 aromatic heterocycles. The van der Waals surface area contributed by atoms with Crippen LogP contribution in [-0.4, -0.2) is 57.2 Å². The van der Waals surface area contributed by atoms with E-state index in [1.165, 1.54) is 14.2 Å². The molecule has 0 aliphatic carbocycles. The number of benzene rings is 1. The Morgan fingerprint density at radius 3 is 2.60 bits per heavy atom. The number of hydrogen-bond acceptors (Lipinski definition) is 5. The Bertz CT molecular complexity index is 652. The Morgan fingerprint density at radius 1 is 1.32 bits per heavy atom. The number of anilines is 1. The lowest BCUT2D eigenvalue weighted by atomic mass is 10.1. The zero-order valence-electron chi connectivity index (χ0n) is 14.8. The summed E-state index contributed by atoms with van der Waals surface area (Å²) >= 11 is 6.07. The van der Waals surface area contributed by atoms with E-state index in [1.54, 1.807) is 24.1 Å². The van der Waals surface area contributed by atoms with Gasteiger partial charge in [-0.2, -0.15) is 0 Å². The molecule has 1 aromatic rings. The maximum atomic E-state index is 12.6. The van der Waals surface area contributed by atoms with Gasteiger partial charge in [0.1, 0.15) is 11.5 Å². The van der Waals surface area contributed by atoms with E-state index in [4.69, 9.17) is 25.8 Å². The molecule has 1 heterocycles. The first-order valence-electron chi connectivity index (χ1n) is 7.92. The third-order valence-electron chi connectivity index (χ3n) is 4.20. The molecule has 1 aliphatic rings. The number of amides is 2. The molecule has 2 amide bonds. The van der Waals surface area contributed by atoms with Gasteiger partial charge in [-0.15, -0.1) is 0 Å². The summed E-state index contributed by atoms with van der Waals surface area (Å²) in [6, 6.07) is 3.10. The molecule has 0 saturated carbocycles. The minimum Gasteiger partial charge on any atom is -0.495 e. The Morgan fingerprint density at radius 2 is 2.00 bits per heavy atom. The van der Waals surface area contributed by atoms with Crippen molar-refractivity contribution in [1.29, 1.82) is 0 Å². The molecule has 2 rings (SSSR count). The van der Waals surface area contributed by atoms with Crippen LogP contribution in [0.1, 0.15) is 13.3 Å². The van der Waals surface area contributed by atoms with Crippen LogP contribution in [0.2, 0.25) is 5.02 Å². The minimum atomic E-state index is -0.432. The van der Waals surface area contributed by atoms with E-state index in [1.807, 2.05) is 6.92 Å². The van der Waals surface area contributed by atoms with Crippen LogP contribution in [0.3, 0.4) is 0 Å². The molecule has 0 bridgehead atoms. The van der Waals surface area contributed by atoms with Crippen molar-refractivity contribution in [3.05, 3.63) is 17.2 Å². The van der Waals surface area contributed by atoms with E-state index >= 15 is 0 Å². The van der Waals surface area contributed by atoms with E-state index in [0.717, 1.165) is 0 Å². The van der Waals surface area contributed by atoms with Gasteiger partial charge < -0.3 is 24.4 Å². The van der Waals surface area contributed by atoms with Crippen LogP contribution in [-0.2, 0) is 14.3 Å². The number of carbonyl (C=O) groups is 2. The second-order valence-corrected chi connectivity index (χ2v) is 6.33. The van der Waals surface area contributed by atoms with E-state index in [0.29, 0.717) is 35.4 Å². The molecule has 138 valence electrons. The highest BCUT2D eigenvalue weighted by Gasteiger charge is 2.36. The molecule has 1 aromatic carbocycles. The molecule has 1 aliphatic heterocycles. The van der Waals surface area contributed by atoms with Crippen molar-refractivity contribution in [3.63, 3.8) is 0 Å². The lowest BCUT2D eigenvalue weighted by molar-refractivity contribution is -0.130. The third kappa shape index (κ3) is 4.35. The van der Waals surface area contributed by atoms with Gasteiger partial charge >= 0.3 is 0 Å². The Labute approximate surface area is 152 Å². The SMILES string of the molecule is COC[C@@H](C)N1C[C@@H](C(=O)Nc2cc(OC)c(Cl)cc2OC)CC1=O. The molecule has 7 nitrogen and oxygen atoms in total. The highest BCUT2D eigenvalue weighted by molar-refractivity contribution is 6.32. The average molecular weight is 371 g/mol. The van der Waals surface area contributed by atoms with E-state index in [9.17, 15) is 9.59 Å². The van der Waals surface area contributed by atoms with Gasteiger partial charge in [0.2, 0.25) is 11.8 Å². The second-order valence-electron chi connectivity index (χ2n) is 5.93. The molecule has 8 heteroatoms. The molecule has 1 fully saturated rings. The molecule has 25 heavy (non-hydrogen) atoms. The molecular formula is C17H23ClN2O5. The van der Waals surface area contributed by atoms with Crippen molar-refractivity contribution in [2.75, 3.05) is 39.8 Å². The molecule has 0 spiro atoms. The van der Waals surface area contributed by atoms with Gasteiger partial charge in [0.15, 0.2) is 0 Å². The number of carbonyl (C=O) groups excluding carboxylic acids is 2. The van der Waals surface area contributed by atoms with Crippen LogP contribution in [0.15, 0.2) is 12.1 Å². The Hall–Kier alpha value is -1.99. The lowest BCUT2D eigenvalue weighted by Crippen LogP contribution is -2.38. The summed E-state index contributed by atoms with van der Waals surface area (Å²) in [5, 5.41) is 3.19. The van der Waals surface area contributed by atoms with Gasteiger partial charge in [-0.05, 0) is 6.92 Å². The monoisotopic (exact) mass is 370 g/mol. The third-order valence-corrected chi connectivity index (χ3v) is 4.50. The standard InChI is InChI=1S/C17H23ClN2O5/c1-10(9-23-2)20-8-11(5-16(20)21)17(22)19-13-7-14(24-3)12(18)6-15(13)25-4/h6-7,10-11H,5,8-9H2,1-4H3,(H,19,22)/t10-,11+/m1/s1. The fraction of sp³-hybridized carbons (Fsp3) is 0.529. The summed E-state index contributed by atoms with van der Waals surface area (Å²) in [7, 11) is 4.56. The van der Waals surface area contributed by atoms with Crippen molar-refractivity contribution in [3.8, 4) is 11.5 Å². The maximum absolute atomic E-state index is 12.6. The molecule has 1 N–H and O–H groups in total. The van der Waals surface area contributed by atoms with Gasteiger partial charge in [0.05, 0.1) is 43.5 Å². The Kier molecular flexibility index (Phi) is 6.50. The van der Waals surface area contributed by atoms with Crippen LogP contribution in [0, 0.1) is 5.92 Å². The highest BCUT2D eigenvalue weighted by atomic mass is 35.5. The van der Waals surface area contributed by atoms with E-state index in [-0.39, 0.29) is 24.3 Å². The largest absolute Gasteiger partial charge is 0.495 e. The summed E-state index contributed by atoms with van der Waals surface area (Å²) in [4.78, 5) is 26.4. The topological polar surface area (TPSA) is 77.1 Å². The lowest BCUT2D eigenvalue weighted by Gasteiger charge is -2.24. The zero-order chi connectivity index (χ0) is 18.6. The van der Waals surface area contributed by atoms with E-state index < -0.39 is 5.92 Å². The fourth-order valence-electron chi connectivity index (χ4n) is 2.86. The van der Waals surface area contributed by atoms with Crippen LogP contribution in [0.4, 0.5) is 5.69 Å². The molecule has 2 atom stereocenters. The summed E-state index contributed by atoms with van der Waals surface area (Å²) in [6.45, 7) is 2.69. The minimum absolute atomic E-state index is 0.0506. The molecule has 0 unspecified atom stereocenters. The second kappa shape index (κ2) is 8.40. The fourth-order valence-corrected chi connectivity index (χ4v) is 3.09. The van der Waals surface area contributed by atoms with Crippen molar-refractivity contribution >= 4 is 29.1 Å². The predicted octanol–water partition coefficient (Wildman–Crippen LogP) is 2.18. The number of halogens is 1. The van der Waals surface area contributed by atoms with Crippen molar-refractivity contribution in [1.82, 2.24) is 4.90 Å². The van der Waals surface area contributed by atoms with Gasteiger partial charge in [0, 0.05) is 32.2 Å². The first-order chi connectivity index (χ1) is 11.9. The smallest absolute Gasteiger partial charge is 0.229 e. The van der Waals surface area contributed by atoms with Crippen LogP contribution >= 0.6 is 11.6 Å². The number of likely N-dealkylation sites (tertiary alicyclic amines) is 1. The first kappa shape index (κ1) is 19.3. The summed E-state index contributed by atoms with van der Waals surface area (Å²) in [5.41, 5.74) is 0.449. The average Bonchev–Trinajstić information content (AvgIpc) is 2.98. The van der Waals surface area contributed by atoms with E-state index in [2.05, 4.69) is 5.32 Å². The summed E-state index contributed by atoms with van der Waals surface area (Å²) in [6.07, 6.45) is 0.174. The number of ether oxygens (including phenoxy) is 3. The van der Waals surface area contributed by atoms with Gasteiger partial charge in [-0.3, -0.25) is 9.59 Å². The summed E-state index contributed by atoms with van der Waals surface area (Å²) < 4.78 is 15.5. The number of nitrogens with one attached hydrogen (secondary N) is 1. The maximum Gasteiger partial charge on any atom is 0.229 e. The van der Waals surface area contributed by atoms with Crippen molar-refractivity contribution in [2.45, 2.75) is 19.4 Å². The van der Waals surface area contributed by atoms with Gasteiger partial charge in [-0.25, -0.2) is 0 Å². The number of nitrogens with zero attached hydrogens (tertiary/aromatic N) is 1. The number of hydrogen-bond donors (Lipinski definition) is 1. The highest BCUT2D eigenvalue weighted by Crippen LogP contribution is 2.36. The van der Waals surface area contributed by atoms with Gasteiger partial charge in [-0.1, -0.05) is 11.6 Å². The molecule has 1 saturated heterocycles. The molecule has 0 radical (unpaired) electrons. The quantitative estimate of drug-likeness (QED) is 0.796. The predicted molar refractivity (Wildman–Crippen MR) is 94.3 cm³/mol. The number of rotatable bonds is 7. The Balaban J connectivity index is 2.11. The van der Waals surface area contributed by atoms with Crippen LogP contribution < -0.4 is 14.8 Å². The molecular weight excluding hydrogens is 348 g/mol. The first-order valence-corrected chi connectivity index (χ1v) is 8.29.